The first-order valence-electron chi connectivity index (χ1n) is 6.69. The summed E-state index contributed by atoms with van der Waals surface area (Å²) in [6.45, 7) is 5.25. The molecule has 6 heteroatoms. The lowest BCUT2D eigenvalue weighted by molar-refractivity contribution is 0.298. The Morgan fingerprint density at radius 2 is 2.16 bits per heavy atom. The van der Waals surface area contributed by atoms with Crippen LogP contribution in [0.3, 0.4) is 0 Å². The molecule has 4 rings (SSSR count). The average molecular weight is 276 g/mol. The highest BCUT2D eigenvalue weighted by Crippen LogP contribution is 2.27. The summed E-state index contributed by atoms with van der Waals surface area (Å²) in [4.78, 5) is 21.8. The van der Waals surface area contributed by atoms with Gasteiger partial charge in [-0.3, -0.25) is 9.69 Å². The Morgan fingerprint density at radius 1 is 1.37 bits per heavy atom. The van der Waals surface area contributed by atoms with Gasteiger partial charge in [0.2, 0.25) is 0 Å². The van der Waals surface area contributed by atoms with Crippen LogP contribution < -0.4 is 10.9 Å². The molecule has 2 aliphatic heterocycles. The minimum Gasteiger partial charge on any atom is -0.316 e. The average Bonchev–Trinajstić information content (AvgIpc) is 3.02. The zero-order valence-electron chi connectivity index (χ0n) is 10.6. The topological polar surface area (TPSA) is 61.0 Å². The Kier molecular flexibility index (Phi) is 2.68. The number of hydrogen-bond donors (Lipinski definition) is 2. The lowest BCUT2D eigenvalue weighted by atomic mass is 10.0. The van der Waals surface area contributed by atoms with Gasteiger partial charge < -0.3 is 10.3 Å². The number of aromatic amines is 1. The lowest BCUT2D eigenvalue weighted by Gasteiger charge is -2.15. The van der Waals surface area contributed by atoms with Crippen molar-refractivity contribution in [2.24, 2.45) is 11.8 Å². The highest BCUT2D eigenvalue weighted by atomic mass is 32.1. The molecule has 2 aliphatic rings. The van der Waals surface area contributed by atoms with Gasteiger partial charge in [-0.1, -0.05) is 0 Å². The van der Waals surface area contributed by atoms with E-state index in [1.807, 2.05) is 11.4 Å². The first kappa shape index (κ1) is 11.6. The molecule has 2 aromatic heterocycles. The molecule has 0 spiro atoms. The van der Waals surface area contributed by atoms with Crippen molar-refractivity contribution in [3.05, 3.63) is 27.6 Å². The van der Waals surface area contributed by atoms with E-state index in [2.05, 4.69) is 20.2 Å². The molecule has 0 amide bonds. The molecular weight excluding hydrogens is 260 g/mol. The third-order valence-corrected chi connectivity index (χ3v) is 5.10. The summed E-state index contributed by atoms with van der Waals surface area (Å²) < 4.78 is 0.728. The summed E-state index contributed by atoms with van der Waals surface area (Å²) in [6.07, 6.45) is 0. The Balaban J connectivity index is 1.57. The number of nitrogens with one attached hydrogen (secondary N) is 2. The molecule has 0 aromatic carbocycles. The molecule has 0 bridgehead atoms. The Bertz CT molecular complexity index is 652. The van der Waals surface area contributed by atoms with Crippen LogP contribution in [0.4, 0.5) is 0 Å². The van der Waals surface area contributed by atoms with Crippen LogP contribution >= 0.6 is 11.3 Å². The number of thiophene rings is 1. The van der Waals surface area contributed by atoms with E-state index in [0.29, 0.717) is 0 Å². The number of rotatable bonds is 2. The molecule has 0 saturated carbocycles. The second-order valence-corrected chi connectivity index (χ2v) is 6.44. The second-order valence-electron chi connectivity index (χ2n) is 5.52. The summed E-state index contributed by atoms with van der Waals surface area (Å²) >= 11 is 1.45. The molecule has 2 saturated heterocycles. The van der Waals surface area contributed by atoms with E-state index in [9.17, 15) is 4.79 Å². The van der Waals surface area contributed by atoms with E-state index < -0.39 is 0 Å². The van der Waals surface area contributed by atoms with Gasteiger partial charge in [-0.2, -0.15) is 0 Å². The SMILES string of the molecule is O=c1[nH]c(CN2CC3CNCC3C2)nc2ccsc12. The molecule has 2 unspecified atom stereocenters. The van der Waals surface area contributed by atoms with Gasteiger partial charge in [0.15, 0.2) is 0 Å². The number of likely N-dealkylation sites (tertiary alicyclic amines) is 1. The molecule has 19 heavy (non-hydrogen) atoms. The first-order valence-corrected chi connectivity index (χ1v) is 7.57. The molecule has 2 N–H and O–H groups in total. The van der Waals surface area contributed by atoms with Crippen LogP contribution in [-0.4, -0.2) is 41.0 Å². The van der Waals surface area contributed by atoms with E-state index in [1.54, 1.807) is 0 Å². The maximum absolute atomic E-state index is 11.9. The molecule has 2 atom stereocenters. The van der Waals surface area contributed by atoms with Crippen molar-refractivity contribution in [3.63, 3.8) is 0 Å². The summed E-state index contributed by atoms with van der Waals surface area (Å²) in [7, 11) is 0. The van der Waals surface area contributed by atoms with Gasteiger partial charge >= 0.3 is 0 Å². The van der Waals surface area contributed by atoms with Crippen molar-refractivity contribution in [2.45, 2.75) is 6.54 Å². The summed E-state index contributed by atoms with van der Waals surface area (Å²) in [5.41, 5.74) is 0.820. The highest BCUT2D eigenvalue weighted by Gasteiger charge is 2.36. The van der Waals surface area contributed by atoms with Gasteiger partial charge in [0.1, 0.15) is 10.5 Å². The number of H-pyrrole nitrogens is 1. The number of nitrogens with zero attached hydrogens (tertiary/aromatic N) is 2. The molecule has 0 radical (unpaired) electrons. The van der Waals surface area contributed by atoms with E-state index in [4.69, 9.17) is 0 Å². The Morgan fingerprint density at radius 3 is 2.95 bits per heavy atom. The van der Waals surface area contributed by atoms with Gasteiger partial charge in [-0.15, -0.1) is 11.3 Å². The molecular formula is C13H16N4OS. The minimum atomic E-state index is -0.00365. The zero-order chi connectivity index (χ0) is 12.8. The van der Waals surface area contributed by atoms with E-state index >= 15 is 0 Å². The monoisotopic (exact) mass is 276 g/mol. The van der Waals surface area contributed by atoms with Crippen molar-refractivity contribution < 1.29 is 0 Å². The van der Waals surface area contributed by atoms with Crippen molar-refractivity contribution in [2.75, 3.05) is 26.2 Å². The Labute approximate surface area is 114 Å². The third kappa shape index (κ3) is 2.00. The van der Waals surface area contributed by atoms with Crippen molar-refractivity contribution >= 4 is 21.6 Å². The molecule has 2 fully saturated rings. The fraction of sp³-hybridized carbons (Fsp3) is 0.538. The third-order valence-electron chi connectivity index (χ3n) is 4.20. The summed E-state index contributed by atoms with van der Waals surface area (Å²) in [5.74, 6) is 2.34. The van der Waals surface area contributed by atoms with Crippen LogP contribution in [0.5, 0.6) is 0 Å². The number of fused-ring (bicyclic) bond motifs is 2. The quantitative estimate of drug-likeness (QED) is 0.845. The van der Waals surface area contributed by atoms with Crippen LogP contribution in [-0.2, 0) is 6.54 Å². The number of hydrogen-bond acceptors (Lipinski definition) is 5. The maximum Gasteiger partial charge on any atom is 0.268 e. The molecule has 100 valence electrons. The highest BCUT2D eigenvalue weighted by molar-refractivity contribution is 7.17. The molecule has 0 aliphatic carbocycles. The summed E-state index contributed by atoms with van der Waals surface area (Å²) in [6, 6.07) is 1.92. The molecule has 5 nitrogen and oxygen atoms in total. The standard InChI is InChI=1S/C13H16N4OS/c18-13-12-10(1-2-19-12)15-11(16-13)7-17-5-8-3-14-4-9(8)6-17/h1-2,8-9,14H,3-7H2,(H,15,16,18). The predicted molar refractivity (Wildman–Crippen MR) is 75.4 cm³/mol. The van der Waals surface area contributed by atoms with Crippen LogP contribution in [0.25, 0.3) is 10.2 Å². The fourth-order valence-corrected chi connectivity index (χ4v) is 4.02. The largest absolute Gasteiger partial charge is 0.316 e. The predicted octanol–water partition coefficient (Wildman–Crippen LogP) is 0.636. The van der Waals surface area contributed by atoms with E-state index in [1.165, 1.54) is 11.3 Å². The van der Waals surface area contributed by atoms with Gasteiger partial charge in [0.25, 0.3) is 5.56 Å². The van der Waals surface area contributed by atoms with Gasteiger partial charge in [-0.25, -0.2) is 4.98 Å². The lowest BCUT2D eigenvalue weighted by Crippen LogP contribution is -2.27. The van der Waals surface area contributed by atoms with Crippen LogP contribution in [0.1, 0.15) is 5.82 Å². The first-order chi connectivity index (χ1) is 9.29. The zero-order valence-corrected chi connectivity index (χ0v) is 11.4. The second kappa shape index (κ2) is 4.40. The Hall–Kier alpha value is -1.24. The normalized spacial score (nSPS) is 27.2. The molecule has 4 heterocycles. The van der Waals surface area contributed by atoms with Crippen LogP contribution in [0.2, 0.25) is 0 Å². The van der Waals surface area contributed by atoms with Gasteiger partial charge in [0.05, 0.1) is 12.1 Å². The maximum atomic E-state index is 11.9. The minimum absolute atomic E-state index is 0.00365. The summed E-state index contributed by atoms with van der Waals surface area (Å²) in [5, 5.41) is 5.36. The van der Waals surface area contributed by atoms with Crippen molar-refractivity contribution in [3.8, 4) is 0 Å². The van der Waals surface area contributed by atoms with Crippen molar-refractivity contribution in [1.29, 1.82) is 0 Å². The smallest absolute Gasteiger partial charge is 0.268 e. The van der Waals surface area contributed by atoms with Gasteiger partial charge in [0, 0.05) is 13.1 Å². The van der Waals surface area contributed by atoms with E-state index in [-0.39, 0.29) is 5.56 Å². The van der Waals surface area contributed by atoms with E-state index in [0.717, 1.165) is 60.6 Å². The van der Waals surface area contributed by atoms with Crippen LogP contribution in [0.15, 0.2) is 16.2 Å². The number of aromatic nitrogens is 2. The molecule has 2 aromatic rings. The van der Waals surface area contributed by atoms with Gasteiger partial charge in [-0.05, 0) is 36.4 Å². The van der Waals surface area contributed by atoms with Crippen molar-refractivity contribution in [1.82, 2.24) is 20.2 Å². The van der Waals surface area contributed by atoms with Crippen LogP contribution in [0, 0.1) is 11.8 Å². The fourth-order valence-electron chi connectivity index (χ4n) is 3.29.